The van der Waals surface area contributed by atoms with E-state index >= 15 is 0 Å². The van der Waals surface area contributed by atoms with Crippen LogP contribution in [0.1, 0.15) is 11.1 Å². The van der Waals surface area contributed by atoms with Gasteiger partial charge in [-0.1, -0.05) is 12.1 Å². The number of rotatable bonds is 1. The molecule has 1 N–H and O–H groups in total. The summed E-state index contributed by atoms with van der Waals surface area (Å²) in [4.78, 5) is 13.0. The zero-order chi connectivity index (χ0) is 10.8. The minimum atomic E-state index is -0.344. The molecule has 0 radical (unpaired) electrons. The summed E-state index contributed by atoms with van der Waals surface area (Å²) in [6.07, 6.45) is 0.435. The van der Waals surface area contributed by atoms with Crippen molar-refractivity contribution in [2.75, 3.05) is 18.6 Å². The van der Waals surface area contributed by atoms with Crippen molar-refractivity contribution in [3.8, 4) is 0 Å². The first kappa shape index (κ1) is 9.98. The highest BCUT2D eigenvalue weighted by atomic mass is 16.5. The molecule has 1 aliphatic rings. The van der Waals surface area contributed by atoms with E-state index in [-0.39, 0.29) is 12.7 Å². The average molecular weight is 207 g/mol. The molecule has 4 nitrogen and oxygen atoms in total. The minimum Gasteiger partial charge on any atom is -0.452 e. The van der Waals surface area contributed by atoms with Crippen molar-refractivity contribution >= 4 is 11.8 Å². The molecule has 1 heterocycles. The summed E-state index contributed by atoms with van der Waals surface area (Å²) in [5.74, 6) is 0. The number of ether oxygens (including phenoxy) is 1. The number of aliphatic hydroxyl groups is 1. The molecule has 1 aromatic carbocycles. The molecule has 1 aromatic rings. The number of carbonyl (C=O) groups excluding carboxylic acids is 1. The Labute approximate surface area is 88.1 Å². The third-order valence-corrected chi connectivity index (χ3v) is 2.69. The van der Waals surface area contributed by atoms with E-state index in [1.54, 1.807) is 4.90 Å². The predicted molar refractivity (Wildman–Crippen MR) is 55.8 cm³/mol. The lowest BCUT2D eigenvalue weighted by Crippen LogP contribution is -2.28. The molecule has 0 unspecified atom stereocenters. The Bertz CT molecular complexity index is 389. The van der Waals surface area contributed by atoms with Gasteiger partial charge in [0.15, 0.2) is 0 Å². The molecule has 15 heavy (non-hydrogen) atoms. The normalized spacial score (nSPS) is 13.9. The summed E-state index contributed by atoms with van der Waals surface area (Å²) in [5, 5.41) is 9.15. The van der Waals surface area contributed by atoms with Gasteiger partial charge in [-0.25, -0.2) is 4.79 Å². The molecule has 0 saturated carbocycles. The SMILES string of the molecule is COC(=O)N1CCc2c(CO)cccc21. The Morgan fingerprint density at radius 1 is 1.60 bits per heavy atom. The third kappa shape index (κ3) is 1.57. The molecular weight excluding hydrogens is 194 g/mol. The maximum atomic E-state index is 11.4. The topological polar surface area (TPSA) is 49.8 Å². The standard InChI is InChI=1S/C11H13NO3/c1-15-11(14)12-6-5-9-8(7-13)3-2-4-10(9)12/h2-4,13H,5-7H2,1H3. The average Bonchev–Trinajstić information content (AvgIpc) is 2.71. The molecule has 0 aromatic heterocycles. The van der Waals surface area contributed by atoms with Crippen LogP contribution in [-0.4, -0.2) is 24.9 Å². The van der Waals surface area contributed by atoms with Gasteiger partial charge in [-0.05, 0) is 23.6 Å². The van der Waals surface area contributed by atoms with Crippen LogP contribution in [0.2, 0.25) is 0 Å². The van der Waals surface area contributed by atoms with Gasteiger partial charge in [0, 0.05) is 6.54 Å². The monoisotopic (exact) mass is 207 g/mol. The Morgan fingerprint density at radius 2 is 2.40 bits per heavy atom. The molecule has 0 bridgehead atoms. The minimum absolute atomic E-state index is 0.0121. The van der Waals surface area contributed by atoms with Crippen LogP contribution in [0.25, 0.3) is 0 Å². The summed E-state index contributed by atoms with van der Waals surface area (Å²) >= 11 is 0. The number of anilines is 1. The van der Waals surface area contributed by atoms with Crippen LogP contribution < -0.4 is 4.90 Å². The number of aliphatic hydroxyl groups excluding tert-OH is 1. The second-order valence-electron chi connectivity index (χ2n) is 3.44. The van der Waals surface area contributed by atoms with Crippen molar-refractivity contribution in [1.82, 2.24) is 0 Å². The van der Waals surface area contributed by atoms with E-state index in [0.717, 1.165) is 23.2 Å². The van der Waals surface area contributed by atoms with Gasteiger partial charge in [0.2, 0.25) is 0 Å². The van der Waals surface area contributed by atoms with Gasteiger partial charge in [0.25, 0.3) is 0 Å². The van der Waals surface area contributed by atoms with E-state index in [0.29, 0.717) is 6.54 Å². The second kappa shape index (κ2) is 3.90. The Hall–Kier alpha value is -1.55. The van der Waals surface area contributed by atoms with Crippen LogP contribution >= 0.6 is 0 Å². The molecule has 1 aliphatic heterocycles. The van der Waals surface area contributed by atoms with Gasteiger partial charge in [0.1, 0.15) is 0 Å². The summed E-state index contributed by atoms with van der Waals surface area (Å²) in [6.45, 7) is 0.636. The number of carbonyl (C=O) groups is 1. The zero-order valence-corrected chi connectivity index (χ0v) is 8.56. The summed E-state index contributed by atoms with van der Waals surface area (Å²) in [6, 6.07) is 5.59. The van der Waals surface area contributed by atoms with Crippen molar-refractivity contribution in [2.24, 2.45) is 0 Å². The highest BCUT2D eigenvalue weighted by Crippen LogP contribution is 2.30. The van der Waals surface area contributed by atoms with Crippen molar-refractivity contribution < 1.29 is 14.6 Å². The molecule has 1 amide bonds. The van der Waals surface area contributed by atoms with Crippen LogP contribution in [0.15, 0.2) is 18.2 Å². The van der Waals surface area contributed by atoms with Gasteiger partial charge in [-0.2, -0.15) is 0 Å². The second-order valence-corrected chi connectivity index (χ2v) is 3.44. The first-order valence-electron chi connectivity index (χ1n) is 4.85. The van der Waals surface area contributed by atoms with E-state index in [2.05, 4.69) is 4.74 Å². The molecule has 4 heteroatoms. The van der Waals surface area contributed by atoms with E-state index < -0.39 is 0 Å². The Morgan fingerprint density at radius 3 is 3.07 bits per heavy atom. The number of fused-ring (bicyclic) bond motifs is 1. The van der Waals surface area contributed by atoms with E-state index in [4.69, 9.17) is 5.11 Å². The van der Waals surface area contributed by atoms with Gasteiger partial charge >= 0.3 is 6.09 Å². The maximum absolute atomic E-state index is 11.4. The fourth-order valence-corrected chi connectivity index (χ4v) is 1.95. The van der Waals surface area contributed by atoms with Crippen LogP contribution in [0.4, 0.5) is 10.5 Å². The van der Waals surface area contributed by atoms with Crippen molar-refractivity contribution in [2.45, 2.75) is 13.0 Å². The number of hydrogen-bond acceptors (Lipinski definition) is 3. The lowest BCUT2D eigenvalue weighted by molar-refractivity contribution is 0.179. The summed E-state index contributed by atoms with van der Waals surface area (Å²) in [7, 11) is 1.37. The maximum Gasteiger partial charge on any atom is 0.414 e. The fraction of sp³-hybridized carbons (Fsp3) is 0.364. The van der Waals surface area contributed by atoms with Gasteiger partial charge in [0.05, 0.1) is 19.4 Å². The van der Waals surface area contributed by atoms with Gasteiger partial charge in [-0.3, -0.25) is 4.90 Å². The molecular formula is C11H13NO3. The van der Waals surface area contributed by atoms with Crippen molar-refractivity contribution in [3.63, 3.8) is 0 Å². The fourth-order valence-electron chi connectivity index (χ4n) is 1.95. The van der Waals surface area contributed by atoms with E-state index in [1.165, 1.54) is 7.11 Å². The molecule has 0 atom stereocenters. The molecule has 80 valence electrons. The largest absolute Gasteiger partial charge is 0.452 e. The number of benzene rings is 1. The lowest BCUT2D eigenvalue weighted by Gasteiger charge is -2.15. The van der Waals surface area contributed by atoms with Crippen LogP contribution in [0.5, 0.6) is 0 Å². The van der Waals surface area contributed by atoms with Gasteiger partial charge in [-0.15, -0.1) is 0 Å². The Balaban J connectivity index is 2.39. The predicted octanol–water partition coefficient (Wildman–Crippen LogP) is 1.31. The summed E-state index contributed by atoms with van der Waals surface area (Å²) < 4.78 is 4.69. The number of nitrogens with zero attached hydrogens (tertiary/aromatic N) is 1. The van der Waals surface area contributed by atoms with Crippen molar-refractivity contribution in [1.29, 1.82) is 0 Å². The first-order chi connectivity index (χ1) is 7.27. The van der Waals surface area contributed by atoms with Crippen LogP contribution in [-0.2, 0) is 17.8 Å². The summed E-state index contributed by atoms with van der Waals surface area (Å²) in [5.41, 5.74) is 2.79. The molecule has 0 saturated heterocycles. The molecule has 0 fully saturated rings. The molecule has 2 rings (SSSR count). The molecule has 0 aliphatic carbocycles. The van der Waals surface area contributed by atoms with Crippen molar-refractivity contribution in [3.05, 3.63) is 29.3 Å². The lowest BCUT2D eigenvalue weighted by atomic mass is 10.1. The zero-order valence-electron chi connectivity index (χ0n) is 8.56. The van der Waals surface area contributed by atoms with Crippen LogP contribution in [0.3, 0.4) is 0 Å². The number of amides is 1. The van der Waals surface area contributed by atoms with E-state index in [1.807, 2.05) is 18.2 Å². The van der Waals surface area contributed by atoms with Crippen LogP contribution in [0, 0.1) is 0 Å². The highest BCUT2D eigenvalue weighted by Gasteiger charge is 2.26. The number of methoxy groups -OCH3 is 1. The quantitative estimate of drug-likeness (QED) is 0.755. The third-order valence-electron chi connectivity index (χ3n) is 2.69. The first-order valence-corrected chi connectivity index (χ1v) is 4.85. The Kier molecular flexibility index (Phi) is 2.60. The smallest absolute Gasteiger partial charge is 0.414 e. The highest BCUT2D eigenvalue weighted by molar-refractivity contribution is 5.90. The van der Waals surface area contributed by atoms with Gasteiger partial charge < -0.3 is 9.84 Å². The van der Waals surface area contributed by atoms with E-state index in [9.17, 15) is 4.79 Å². The number of hydrogen-bond donors (Lipinski definition) is 1. The molecule has 0 spiro atoms.